The van der Waals surface area contributed by atoms with E-state index in [0.29, 0.717) is 18.5 Å². The molecule has 1 aromatic rings. The van der Waals surface area contributed by atoms with Crippen molar-refractivity contribution in [2.45, 2.75) is 44.7 Å². The third kappa shape index (κ3) is 2.31. The fraction of sp³-hybridized carbons (Fsp3) is 0.643. The number of piperidine rings is 1. The molecule has 0 aliphatic carbocycles. The van der Waals surface area contributed by atoms with E-state index in [2.05, 4.69) is 15.6 Å². The van der Waals surface area contributed by atoms with Crippen molar-refractivity contribution in [3.05, 3.63) is 17.8 Å². The topological polar surface area (TPSA) is 87.5 Å². The SMILES string of the molecule is CC(C)c1ocnc1CN1C(=O)NC2(CCNCC2)C1=O. The first-order valence-electron chi connectivity index (χ1n) is 7.30. The van der Waals surface area contributed by atoms with Gasteiger partial charge in [-0.1, -0.05) is 13.8 Å². The van der Waals surface area contributed by atoms with Crippen LogP contribution in [0.2, 0.25) is 0 Å². The number of hydrogen-bond donors (Lipinski definition) is 2. The number of imide groups is 1. The molecule has 7 heteroatoms. The number of aromatic nitrogens is 1. The molecule has 0 atom stereocenters. The highest BCUT2D eigenvalue weighted by molar-refractivity contribution is 6.07. The van der Waals surface area contributed by atoms with Crippen molar-refractivity contribution >= 4 is 11.9 Å². The van der Waals surface area contributed by atoms with Crippen molar-refractivity contribution in [3.63, 3.8) is 0 Å². The van der Waals surface area contributed by atoms with Crippen molar-refractivity contribution < 1.29 is 14.0 Å². The Morgan fingerprint density at radius 1 is 1.38 bits per heavy atom. The molecule has 2 saturated heterocycles. The molecule has 2 aliphatic rings. The number of rotatable bonds is 3. The highest BCUT2D eigenvalue weighted by atomic mass is 16.3. The first-order valence-corrected chi connectivity index (χ1v) is 7.30. The van der Waals surface area contributed by atoms with Gasteiger partial charge in [0.05, 0.1) is 6.54 Å². The van der Waals surface area contributed by atoms with Gasteiger partial charge >= 0.3 is 6.03 Å². The molecule has 114 valence electrons. The summed E-state index contributed by atoms with van der Waals surface area (Å²) in [5.74, 6) is 0.740. The van der Waals surface area contributed by atoms with Gasteiger partial charge in [-0.15, -0.1) is 0 Å². The lowest BCUT2D eigenvalue weighted by Gasteiger charge is -2.31. The quantitative estimate of drug-likeness (QED) is 0.811. The van der Waals surface area contributed by atoms with E-state index in [1.165, 1.54) is 11.3 Å². The van der Waals surface area contributed by atoms with Gasteiger partial charge in [0.15, 0.2) is 6.39 Å². The summed E-state index contributed by atoms with van der Waals surface area (Å²) in [5, 5.41) is 6.08. The Kier molecular flexibility index (Phi) is 3.44. The Bertz CT molecular complexity index is 560. The fourth-order valence-electron chi connectivity index (χ4n) is 3.03. The molecule has 7 nitrogen and oxygen atoms in total. The summed E-state index contributed by atoms with van der Waals surface area (Å²) in [6.07, 6.45) is 2.62. The summed E-state index contributed by atoms with van der Waals surface area (Å²) in [7, 11) is 0. The molecule has 21 heavy (non-hydrogen) atoms. The molecule has 0 unspecified atom stereocenters. The van der Waals surface area contributed by atoms with Gasteiger partial charge in [-0.3, -0.25) is 9.69 Å². The van der Waals surface area contributed by atoms with Crippen LogP contribution < -0.4 is 10.6 Å². The van der Waals surface area contributed by atoms with Crippen molar-refractivity contribution in [3.8, 4) is 0 Å². The Morgan fingerprint density at radius 3 is 2.76 bits per heavy atom. The van der Waals surface area contributed by atoms with E-state index in [9.17, 15) is 9.59 Å². The monoisotopic (exact) mass is 292 g/mol. The maximum Gasteiger partial charge on any atom is 0.325 e. The van der Waals surface area contributed by atoms with Gasteiger partial charge in [-0.2, -0.15) is 0 Å². The molecule has 2 fully saturated rings. The Labute approximate surface area is 123 Å². The van der Waals surface area contributed by atoms with Crippen LogP contribution in [0.1, 0.15) is 44.1 Å². The predicted molar refractivity (Wildman–Crippen MR) is 74.5 cm³/mol. The first kappa shape index (κ1) is 14.1. The van der Waals surface area contributed by atoms with Crippen LogP contribution in [0.5, 0.6) is 0 Å². The van der Waals surface area contributed by atoms with Crippen molar-refractivity contribution in [2.24, 2.45) is 0 Å². The lowest BCUT2D eigenvalue weighted by Crippen LogP contribution is -2.53. The number of urea groups is 1. The third-order valence-corrected chi connectivity index (χ3v) is 4.21. The average Bonchev–Trinajstić information content (AvgIpc) is 3.00. The summed E-state index contributed by atoms with van der Waals surface area (Å²) < 4.78 is 5.35. The van der Waals surface area contributed by atoms with Crippen LogP contribution in [0.25, 0.3) is 0 Å². The molecule has 2 aliphatic heterocycles. The van der Waals surface area contributed by atoms with Crippen molar-refractivity contribution in [1.29, 1.82) is 0 Å². The molecule has 1 spiro atoms. The maximum atomic E-state index is 12.7. The zero-order valence-electron chi connectivity index (χ0n) is 12.3. The van der Waals surface area contributed by atoms with Crippen LogP contribution in [0.15, 0.2) is 10.8 Å². The lowest BCUT2D eigenvalue weighted by atomic mass is 9.88. The maximum absolute atomic E-state index is 12.7. The zero-order valence-corrected chi connectivity index (χ0v) is 12.3. The van der Waals surface area contributed by atoms with Gasteiger partial charge < -0.3 is 15.1 Å². The van der Waals surface area contributed by atoms with Gasteiger partial charge in [0, 0.05) is 5.92 Å². The summed E-state index contributed by atoms with van der Waals surface area (Å²) >= 11 is 0. The average molecular weight is 292 g/mol. The zero-order chi connectivity index (χ0) is 15.0. The molecular weight excluding hydrogens is 272 g/mol. The molecule has 0 bridgehead atoms. The van der Waals surface area contributed by atoms with E-state index in [-0.39, 0.29) is 24.4 Å². The minimum Gasteiger partial charge on any atom is -0.448 e. The molecule has 3 rings (SSSR count). The van der Waals surface area contributed by atoms with Crippen LogP contribution in [0, 0.1) is 0 Å². The van der Waals surface area contributed by atoms with E-state index in [1.807, 2.05) is 13.8 Å². The highest BCUT2D eigenvalue weighted by Gasteiger charge is 2.51. The minimum absolute atomic E-state index is 0.147. The van der Waals surface area contributed by atoms with Crippen LogP contribution in [-0.4, -0.2) is 40.5 Å². The smallest absolute Gasteiger partial charge is 0.325 e. The second-order valence-electron chi connectivity index (χ2n) is 5.97. The molecule has 0 radical (unpaired) electrons. The number of carbonyl (C=O) groups excluding carboxylic acids is 2. The van der Waals surface area contributed by atoms with E-state index in [1.54, 1.807) is 0 Å². The number of oxazole rings is 1. The van der Waals surface area contributed by atoms with E-state index >= 15 is 0 Å². The Hall–Kier alpha value is -1.89. The molecule has 0 saturated carbocycles. The largest absolute Gasteiger partial charge is 0.448 e. The van der Waals surface area contributed by atoms with E-state index < -0.39 is 5.54 Å². The molecule has 3 amide bonds. The van der Waals surface area contributed by atoms with Crippen LogP contribution in [0.3, 0.4) is 0 Å². The van der Waals surface area contributed by atoms with Crippen LogP contribution in [0.4, 0.5) is 4.79 Å². The summed E-state index contributed by atoms with van der Waals surface area (Å²) in [6, 6.07) is -0.334. The standard InChI is InChI=1S/C14H20N4O3/c1-9(2)11-10(16-8-21-11)7-18-12(19)14(17-13(18)20)3-5-15-6-4-14/h8-9,15H,3-7H2,1-2H3,(H,17,20). The van der Waals surface area contributed by atoms with Gasteiger partial charge in [0.1, 0.15) is 17.0 Å². The first-order chi connectivity index (χ1) is 10.0. The number of nitrogens with one attached hydrogen (secondary N) is 2. The van der Waals surface area contributed by atoms with E-state index in [4.69, 9.17) is 4.42 Å². The molecular formula is C14H20N4O3. The number of carbonyl (C=O) groups is 2. The number of hydrogen-bond acceptors (Lipinski definition) is 5. The third-order valence-electron chi connectivity index (χ3n) is 4.21. The number of amides is 3. The second-order valence-corrected chi connectivity index (χ2v) is 5.97. The summed E-state index contributed by atoms with van der Waals surface area (Å²) in [5.41, 5.74) is -0.0798. The Morgan fingerprint density at radius 2 is 2.10 bits per heavy atom. The van der Waals surface area contributed by atoms with E-state index in [0.717, 1.165) is 18.8 Å². The Balaban J connectivity index is 1.81. The van der Waals surface area contributed by atoms with Crippen molar-refractivity contribution in [2.75, 3.05) is 13.1 Å². The summed E-state index contributed by atoms with van der Waals surface area (Å²) in [4.78, 5) is 30.2. The molecule has 1 aromatic heterocycles. The highest BCUT2D eigenvalue weighted by Crippen LogP contribution is 2.29. The molecule has 3 heterocycles. The van der Waals surface area contributed by atoms with Crippen LogP contribution in [-0.2, 0) is 11.3 Å². The minimum atomic E-state index is -0.732. The van der Waals surface area contributed by atoms with Gasteiger partial charge in [-0.05, 0) is 25.9 Å². The lowest BCUT2D eigenvalue weighted by molar-refractivity contribution is -0.132. The fourth-order valence-corrected chi connectivity index (χ4v) is 3.03. The van der Waals surface area contributed by atoms with Crippen molar-refractivity contribution in [1.82, 2.24) is 20.5 Å². The number of nitrogens with zero attached hydrogens (tertiary/aromatic N) is 2. The van der Waals surface area contributed by atoms with Gasteiger partial charge in [0.25, 0.3) is 5.91 Å². The van der Waals surface area contributed by atoms with Gasteiger partial charge in [-0.25, -0.2) is 9.78 Å². The second kappa shape index (κ2) is 5.14. The normalized spacial score (nSPS) is 21.4. The van der Waals surface area contributed by atoms with Crippen LogP contribution >= 0.6 is 0 Å². The van der Waals surface area contributed by atoms with Gasteiger partial charge in [0.2, 0.25) is 0 Å². The molecule has 0 aromatic carbocycles. The molecule has 2 N–H and O–H groups in total. The summed E-state index contributed by atoms with van der Waals surface area (Å²) in [6.45, 7) is 5.63. The predicted octanol–water partition coefficient (Wildman–Crippen LogP) is 0.972.